The van der Waals surface area contributed by atoms with Gasteiger partial charge in [0, 0.05) is 11.9 Å². The molecular formula is C7H9BrN2O2S. The molecule has 0 spiro atoms. The van der Waals surface area contributed by atoms with Crippen LogP contribution < -0.4 is 5.73 Å². The van der Waals surface area contributed by atoms with Crippen LogP contribution in [-0.2, 0) is 9.53 Å². The molecule has 0 saturated carbocycles. The Morgan fingerprint density at radius 3 is 3.00 bits per heavy atom. The fourth-order valence-electron chi connectivity index (χ4n) is 0.903. The van der Waals surface area contributed by atoms with E-state index in [1.165, 1.54) is 18.4 Å². The monoisotopic (exact) mass is 264 g/mol. The average Bonchev–Trinajstić information content (AvgIpc) is 2.53. The molecule has 1 unspecified atom stereocenters. The van der Waals surface area contributed by atoms with Crippen LogP contribution in [0.4, 0.5) is 0 Å². The van der Waals surface area contributed by atoms with E-state index in [1.54, 1.807) is 5.38 Å². The molecule has 13 heavy (non-hydrogen) atoms. The lowest BCUT2D eigenvalue weighted by molar-refractivity contribution is -0.142. The molecule has 1 atom stereocenters. The molecule has 1 heterocycles. The number of hydrogen-bond donors (Lipinski definition) is 1. The quantitative estimate of drug-likeness (QED) is 0.832. The first-order valence-corrected chi connectivity index (χ1v) is 5.25. The van der Waals surface area contributed by atoms with Crippen LogP contribution in [0.3, 0.4) is 0 Å². The number of thiazole rings is 1. The van der Waals surface area contributed by atoms with Crippen LogP contribution in [0.2, 0.25) is 0 Å². The zero-order valence-electron chi connectivity index (χ0n) is 6.99. The van der Waals surface area contributed by atoms with E-state index in [1.807, 2.05) is 0 Å². The second-order valence-electron chi connectivity index (χ2n) is 2.34. The summed E-state index contributed by atoms with van der Waals surface area (Å²) in [6.45, 7) is 0.211. The number of nitrogens with two attached hydrogens (primary N) is 1. The minimum atomic E-state index is -0.451. The Bertz CT molecular complexity index is 302. The highest BCUT2D eigenvalue weighted by Crippen LogP contribution is 2.22. The molecule has 1 aromatic rings. The molecule has 0 aliphatic carbocycles. The number of carbonyl (C=O) groups excluding carboxylic acids is 1. The van der Waals surface area contributed by atoms with E-state index in [-0.39, 0.29) is 12.5 Å². The molecule has 1 rings (SSSR count). The van der Waals surface area contributed by atoms with E-state index in [0.717, 1.165) is 3.92 Å². The summed E-state index contributed by atoms with van der Waals surface area (Å²) in [4.78, 5) is 15.3. The van der Waals surface area contributed by atoms with Gasteiger partial charge in [0.15, 0.2) is 3.92 Å². The second kappa shape index (κ2) is 4.69. The van der Waals surface area contributed by atoms with E-state index in [0.29, 0.717) is 5.69 Å². The number of aromatic nitrogens is 1. The van der Waals surface area contributed by atoms with Crippen LogP contribution in [-0.4, -0.2) is 24.6 Å². The van der Waals surface area contributed by atoms with Gasteiger partial charge < -0.3 is 10.5 Å². The van der Waals surface area contributed by atoms with Gasteiger partial charge in [0.05, 0.1) is 12.8 Å². The number of rotatable bonds is 3. The Morgan fingerprint density at radius 2 is 2.62 bits per heavy atom. The van der Waals surface area contributed by atoms with Gasteiger partial charge in [-0.1, -0.05) is 0 Å². The molecule has 0 aliphatic rings. The van der Waals surface area contributed by atoms with E-state index in [2.05, 4.69) is 25.7 Å². The summed E-state index contributed by atoms with van der Waals surface area (Å²) in [5.41, 5.74) is 6.10. The number of hydrogen-bond acceptors (Lipinski definition) is 5. The maximum absolute atomic E-state index is 11.2. The highest BCUT2D eigenvalue weighted by atomic mass is 79.9. The lowest BCUT2D eigenvalue weighted by Crippen LogP contribution is -2.23. The molecule has 0 amide bonds. The second-order valence-corrected chi connectivity index (χ2v) is 4.47. The first-order chi connectivity index (χ1) is 6.19. The number of esters is 1. The van der Waals surface area contributed by atoms with Crippen molar-refractivity contribution in [3.8, 4) is 0 Å². The summed E-state index contributed by atoms with van der Waals surface area (Å²) >= 11 is 4.63. The van der Waals surface area contributed by atoms with E-state index >= 15 is 0 Å². The molecule has 1 aromatic heterocycles. The van der Waals surface area contributed by atoms with E-state index in [4.69, 9.17) is 5.73 Å². The predicted molar refractivity (Wildman–Crippen MR) is 53.6 cm³/mol. The van der Waals surface area contributed by atoms with Crippen molar-refractivity contribution in [3.63, 3.8) is 0 Å². The van der Waals surface area contributed by atoms with Crippen LogP contribution in [0, 0.1) is 0 Å². The van der Waals surface area contributed by atoms with Crippen molar-refractivity contribution in [1.29, 1.82) is 0 Å². The summed E-state index contributed by atoms with van der Waals surface area (Å²) in [5.74, 6) is -0.798. The first kappa shape index (κ1) is 10.6. The van der Waals surface area contributed by atoms with Crippen molar-refractivity contribution in [2.45, 2.75) is 5.92 Å². The Kier molecular flexibility index (Phi) is 3.83. The normalized spacial score (nSPS) is 12.5. The maximum atomic E-state index is 11.2. The van der Waals surface area contributed by atoms with Gasteiger partial charge in [-0.05, 0) is 15.9 Å². The van der Waals surface area contributed by atoms with E-state index < -0.39 is 5.92 Å². The van der Waals surface area contributed by atoms with Crippen molar-refractivity contribution < 1.29 is 9.53 Å². The van der Waals surface area contributed by atoms with Crippen LogP contribution in [0.25, 0.3) is 0 Å². The molecule has 0 bridgehead atoms. The molecule has 0 saturated heterocycles. The number of nitrogens with zero attached hydrogens (tertiary/aromatic N) is 1. The molecule has 0 aromatic carbocycles. The SMILES string of the molecule is COC(=O)C(CN)c1csc(Br)n1. The third-order valence-electron chi connectivity index (χ3n) is 1.57. The zero-order valence-corrected chi connectivity index (χ0v) is 9.39. The van der Waals surface area contributed by atoms with Crippen LogP contribution in [0.5, 0.6) is 0 Å². The predicted octanol–water partition coefficient (Wildman–Crippen LogP) is 1.12. The zero-order chi connectivity index (χ0) is 9.84. The number of methoxy groups -OCH3 is 1. The standard InChI is InChI=1S/C7H9BrN2O2S/c1-12-6(11)4(2-9)5-3-13-7(8)10-5/h3-4H,2,9H2,1H3. The van der Waals surface area contributed by atoms with Crippen molar-refractivity contribution in [2.75, 3.05) is 13.7 Å². The summed E-state index contributed by atoms with van der Waals surface area (Å²) in [6.07, 6.45) is 0. The lowest BCUT2D eigenvalue weighted by atomic mass is 10.1. The maximum Gasteiger partial charge on any atom is 0.316 e. The molecule has 4 nitrogen and oxygen atoms in total. The average molecular weight is 265 g/mol. The van der Waals surface area contributed by atoms with Gasteiger partial charge in [-0.25, -0.2) is 4.98 Å². The minimum Gasteiger partial charge on any atom is -0.468 e. The molecule has 6 heteroatoms. The minimum absolute atomic E-state index is 0.211. The topological polar surface area (TPSA) is 65.2 Å². The summed E-state index contributed by atoms with van der Waals surface area (Å²) < 4.78 is 5.34. The Balaban J connectivity index is 2.84. The third kappa shape index (κ3) is 2.49. The first-order valence-electron chi connectivity index (χ1n) is 3.58. The number of ether oxygens (including phenoxy) is 1. The van der Waals surface area contributed by atoms with Gasteiger partial charge >= 0.3 is 5.97 Å². The number of carbonyl (C=O) groups is 1. The van der Waals surface area contributed by atoms with Crippen molar-refractivity contribution in [3.05, 3.63) is 15.0 Å². The largest absolute Gasteiger partial charge is 0.468 e. The van der Waals surface area contributed by atoms with Crippen LogP contribution in [0.1, 0.15) is 11.6 Å². The Hall–Kier alpha value is -0.460. The Labute approximate surface area is 88.2 Å². The molecular weight excluding hydrogens is 256 g/mol. The van der Waals surface area contributed by atoms with Gasteiger partial charge in [-0.15, -0.1) is 11.3 Å². The van der Waals surface area contributed by atoms with Gasteiger partial charge in [-0.2, -0.15) is 0 Å². The van der Waals surface area contributed by atoms with Gasteiger partial charge in [0.25, 0.3) is 0 Å². The smallest absolute Gasteiger partial charge is 0.316 e. The van der Waals surface area contributed by atoms with Crippen LogP contribution in [0.15, 0.2) is 9.30 Å². The van der Waals surface area contributed by atoms with Gasteiger partial charge in [-0.3, -0.25) is 4.79 Å². The molecule has 72 valence electrons. The number of halogens is 1. The molecule has 0 aliphatic heterocycles. The van der Waals surface area contributed by atoms with Crippen molar-refractivity contribution in [1.82, 2.24) is 4.98 Å². The Morgan fingerprint density at radius 1 is 1.92 bits per heavy atom. The molecule has 0 fully saturated rings. The highest BCUT2D eigenvalue weighted by molar-refractivity contribution is 9.11. The van der Waals surface area contributed by atoms with Crippen molar-refractivity contribution >= 4 is 33.2 Å². The fraction of sp³-hybridized carbons (Fsp3) is 0.429. The fourth-order valence-corrected chi connectivity index (χ4v) is 1.98. The van der Waals surface area contributed by atoms with Gasteiger partial charge in [0.2, 0.25) is 0 Å². The summed E-state index contributed by atoms with van der Waals surface area (Å²) in [6, 6.07) is 0. The highest BCUT2D eigenvalue weighted by Gasteiger charge is 2.22. The van der Waals surface area contributed by atoms with Crippen LogP contribution >= 0.6 is 27.3 Å². The third-order valence-corrected chi connectivity index (χ3v) is 2.96. The molecule has 2 N–H and O–H groups in total. The lowest BCUT2D eigenvalue weighted by Gasteiger charge is -2.08. The van der Waals surface area contributed by atoms with Crippen molar-refractivity contribution in [2.24, 2.45) is 5.73 Å². The van der Waals surface area contributed by atoms with Gasteiger partial charge in [0.1, 0.15) is 5.92 Å². The summed E-state index contributed by atoms with van der Waals surface area (Å²) in [7, 11) is 1.34. The summed E-state index contributed by atoms with van der Waals surface area (Å²) in [5, 5.41) is 1.79. The van der Waals surface area contributed by atoms with E-state index in [9.17, 15) is 4.79 Å². The molecule has 0 radical (unpaired) electrons.